The molecule has 22 heavy (non-hydrogen) atoms. The van der Waals surface area contributed by atoms with Gasteiger partial charge in [-0.05, 0) is 0 Å². The molecule has 1 aliphatic heterocycles. The van der Waals surface area contributed by atoms with E-state index in [1.165, 1.54) is 0 Å². The van der Waals surface area contributed by atoms with Crippen molar-refractivity contribution in [1.29, 1.82) is 0 Å². The minimum absolute atomic E-state index is 0.830. The van der Waals surface area contributed by atoms with Crippen molar-refractivity contribution in [3.8, 4) is 0 Å². The maximum Gasteiger partial charge on any atom is 0.335 e. The molecule has 0 amide bonds. The van der Waals surface area contributed by atoms with Gasteiger partial charge in [-0.3, -0.25) is 14.4 Å². The molecule has 1 aliphatic rings. The molecule has 1 heterocycles. The SMILES string of the molecule is CC(=O)O[C@@H]1O[C@H](C(=O)O)[C@@H](O)[C@H](OC(C)=O)[C@H]1OC(C)=O. The summed E-state index contributed by atoms with van der Waals surface area (Å²) in [6, 6.07) is 0. The first-order chi connectivity index (χ1) is 10.1. The van der Waals surface area contributed by atoms with Crippen LogP contribution in [-0.2, 0) is 38.1 Å². The van der Waals surface area contributed by atoms with Crippen LogP contribution in [0.2, 0.25) is 0 Å². The molecule has 1 rings (SSSR count). The smallest absolute Gasteiger partial charge is 0.335 e. The van der Waals surface area contributed by atoms with E-state index in [9.17, 15) is 24.3 Å². The number of aliphatic carboxylic acids is 1. The molecule has 10 nitrogen and oxygen atoms in total. The molecule has 0 aromatic heterocycles. The third kappa shape index (κ3) is 4.40. The van der Waals surface area contributed by atoms with Crippen molar-refractivity contribution < 1.29 is 48.3 Å². The molecule has 0 saturated carbocycles. The molecule has 0 unspecified atom stereocenters. The van der Waals surface area contributed by atoms with E-state index in [0.717, 1.165) is 20.8 Å². The molecule has 1 saturated heterocycles. The summed E-state index contributed by atoms with van der Waals surface area (Å²) in [7, 11) is 0. The van der Waals surface area contributed by atoms with Gasteiger partial charge in [0.2, 0.25) is 12.4 Å². The summed E-state index contributed by atoms with van der Waals surface area (Å²) < 4.78 is 19.3. The lowest BCUT2D eigenvalue weighted by Crippen LogP contribution is -2.62. The largest absolute Gasteiger partial charge is 0.479 e. The summed E-state index contributed by atoms with van der Waals surface area (Å²) in [5.74, 6) is -4.09. The van der Waals surface area contributed by atoms with Gasteiger partial charge in [0.05, 0.1) is 0 Å². The number of aliphatic hydroxyl groups is 1. The molecule has 2 N–H and O–H groups in total. The topological polar surface area (TPSA) is 146 Å². The number of carbonyl (C=O) groups excluding carboxylic acids is 3. The molecule has 124 valence electrons. The Morgan fingerprint density at radius 2 is 1.32 bits per heavy atom. The molecule has 0 spiro atoms. The van der Waals surface area contributed by atoms with Crippen molar-refractivity contribution in [3.05, 3.63) is 0 Å². The minimum Gasteiger partial charge on any atom is -0.479 e. The normalized spacial score (nSPS) is 31.0. The number of aliphatic hydroxyl groups excluding tert-OH is 1. The van der Waals surface area contributed by atoms with Crippen LogP contribution < -0.4 is 0 Å². The average molecular weight is 320 g/mol. The molecular formula is C12H16O10. The zero-order valence-corrected chi connectivity index (χ0v) is 12.0. The Labute approximate surface area is 124 Å². The fourth-order valence-corrected chi connectivity index (χ4v) is 1.93. The monoisotopic (exact) mass is 320 g/mol. The van der Waals surface area contributed by atoms with E-state index in [0.29, 0.717) is 0 Å². The van der Waals surface area contributed by atoms with Crippen molar-refractivity contribution in [3.63, 3.8) is 0 Å². The van der Waals surface area contributed by atoms with Crippen molar-refractivity contribution >= 4 is 23.9 Å². The summed E-state index contributed by atoms with van der Waals surface area (Å²) >= 11 is 0. The summed E-state index contributed by atoms with van der Waals surface area (Å²) in [6.07, 6.45) is -8.37. The lowest BCUT2D eigenvalue weighted by molar-refractivity contribution is -0.291. The lowest BCUT2D eigenvalue weighted by atomic mass is 9.98. The zero-order valence-electron chi connectivity index (χ0n) is 12.0. The lowest BCUT2D eigenvalue weighted by Gasteiger charge is -2.41. The first-order valence-corrected chi connectivity index (χ1v) is 6.21. The van der Waals surface area contributed by atoms with E-state index in [-0.39, 0.29) is 0 Å². The van der Waals surface area contributed by atoms with Crippen LogP contribution in [0.5, 0.6) is 0 Å². The van der Waals surface area contributed by atoms with Gasteiger partial charge in [0, 0.05) is 20.8 Å². The van der Waals surface area contributed by atoms with E-state index in [2.05, 4.69) is 0 Å². The second kappa shape index (κ2) is 7.18. The van der Waals surface area contributed by atoms with E-state index < -0.39 is 54.6 Å². The van der Waals surface area contributed by atoms with Gasteiger partial charge >= 0.3 is 23.9 Å². The van der Waals surface area contributed by atoms with Crippen LogP contribution in [0, 0.1) is 0 Å². The molecule has 0 aromatic rings. The second-order valence-electron chi connectivity index (χ2n) is 4.51. The molecule has 0 aliphatic carbocycles. The summed E-state index contributed by atoms with van der Waals surface area (Å²) in [4.78, 5) is 44.4. The van der Waals surface area contributed by atoms with Gasteiger partial charge in [0.15, 0.2) is 12.2 Å². The number of ether oxygens (including phenoxy) is 4. The highest BCUT2D eigenvalue weighted by Crippen LogP contribution is 2.27. The Balaban J connectivity index is 3.15. The molecule has 1 fully saturated rings. The highest BCUT2D eigenvalue weighted by molar-refractivity contribution is 5.74. The van der Waals surface area contributed by atoms with Crippen molar-refractivity contribution in [2.24, 2.45) is 0 Å². The number of carboxylic acid groups (broad SMARTS) is 1. The zero-order chi connectivity index (χ0) is 17.0. The van der Waals surface area contributed by atoms with Crippen LogP contribution in [0.25, 0.3) is 0 Å². The molecule has 0 aromatic carbocycles. The Morgan fingerprint density at radius 3 is 1.73 bits per heavy atom. The van der Waals surface area contributed by atoms with Crippen molar-refractivity contribution in [2.75, 3.05) is 0 Å². The summed E-state index contributed by atoms with van der Waals surface area (Å²) in [5.41, 5.74) is 0. The molecule has 0 radical (unpaired) electrons. The number of rotatable bonds is 4. The van der Waals surface area contributed by atoms with Gasteiger partial charge in [-0.25, -0.2) is 4.79 Å². The van der Waals surface area contributed by atoms with E-state index >= 15 is 0 Å². The van der Waals surface area contributed by atoms with E-state index in [1.54, 1.807) is 0 Å². The maximum absolute atomic E-state index is 11.1. The Kier molecular flexibility index (Phi) is 5.83. The predicted octanol–water partition coefficient (Wildman–Crippen LogP) is -1.42. The number of carboxylic acids is 1. The maximum atomic E-state index is 11.1. The number of esters is 3. The molecular weight excluding hydrogens is 304 g/mol. The summed E-state index contributed by atoms with van der Waals surface area (Å²) in [5, 5.41) is 19.0. The highest BCUT2D eigenvalue weighted by atomic mass is 16.7. The number of hydrogen-bond acceptors (Lipinski definition) is 9. The van der Waals surface area contributed by atoms with Crippen LogP contribution in [0.4, 0.5) is 0 Å². The van der Waals surface area contributed by atoms with Crippen molar-refractivity contribution in [2.45, 2.75) is 51.5 Å². The van der Waals surface area contributed by atoms with Gasteiger partial charge in [-0.15, -0.1) is 0 Å². The van der Waals surface area contributed by atoms with Crippen LogP contribution >= 0.6 is 0 Å². The third-order valence-electron chi connectivity index (χ3n) is 2.65. The quantitative estimate of drug-likeness (QED) is 0.467. The van der Waals surface area contributed by atoms with Crippen molar-refractivity contribution in [1.82, 2.24) is 0 Å². The number of carbonyl (C=O) groups is 4. The fraction of sp³-hybridized carbons (Fsp3) is 0.667. The van der Waals surface area contributed by atoms with Crippen LogP contribution in [0.15, 0.2) is 0 Å². The van der Waals surface area contributed by atoms with Gasteiger partial charge in [0.25, 0.3) is 0 Å². The van der Waals surface area contributed by atoms with Gasteiger partial charge in [-0.1, -0.05) is 0 Å². The van der Waals surface area contributed by atoms with Crippen LogP contribution in [-0.4, -0.2) is 64.8 Å². The molecule has 5 atom stereocenters. The minimum atomic E-state index is -1.83. The predicted molar refractivity (Wildman–Crippen MR) is 65.2 cm³/mol. The van der Waals surface area contributed by atoms with Gasteiger partial charge in [-0.2, -0.15) is 0 Å². The van der Waals surface area contributed by atoms with E-state index in [4.69, 9.17) is 24.1 Å². The fourth-order valence-electron chi connectivity index (χ4n) is 1.93. The Morgan fingerprint density at radius 1 is 0.864 bits per heavy atom. The van der Waals surface area contributed by atoms with Crippen LogP contribution in [0.1, 0.15) is 20.8 Å². The van der Waals surface area contributed by atoms with Gasteiger partial charge < -0.3 is 29.2 Å². The Bertz CT molecular complexity index is 457. The standard InChI is InChI=1S/C12H16O10/c1-4(13)19-8-7(16)9(11(17)18)22-12(21-6(3)15)10(8)20-5(2)14/h7-10,12,16H,1-3H3,(H,17,18)/t7-,8-,9-,10+,12+/m0/s1. The van der Waals surface area contributed by atoms with Crippen LogP contribution in [0.3, 0.4) is 0 Å². The Hall–Kier alpha value is -2.20. The molecule has 0 bridgehead atoms. The number of hydrogen-bond donors (Lipinski definition) is 2. The first kappa shape index (κ1) is 17.9. The van der Waals surface area contributed by atoms with Gasteiger partial charge in [0.1, 0.15) is 6.10 Å². The van der Waals surface area contributed by atoms with E-state index in [1.807, 2.05) is 0 Å². The first-order valence-electron chi connectivity index (χ1n) is 6.21. The summed E-state index contributed by atoms with van der Waals surface area (Å²) in [6.45, 7) is 3.07. The third-order valence-corrected chi connectivity index (χ3v) is 2.65. The average Bonchev–Trinajstić information content (AvgIpc) is 2.35. The second-order valence-corrected chi connectivity index (χ2v) is 4.51. The molecule has 10 heteroatoms. The highest BCUT2D eigenvalue weighted by Gasteiger charge is 2.53.